The summed E-state index contributed by atoms with van der Waals surface area (Å²) in [5.41, 5.74) is 1.43. The third-order valence-electron chi connectivity index (χ3n) is 5.60. The van der Waals surface area contributed by atoms with E-state index in [9.17, 15) is 24.5 Å². The molecule has 0 radical (unpaired) electrons. The number of benzene rings is 3. The van der Waals surface area contributed by atoms with Crippen LogP contribution in [0.2, 0.25) is 5.02 Å². The Labute approximate surface area is 237 Å². The highest BCUT2D eigenvalue weighted by Crippen LogP contribution is 2.39. The van der Waals surface area contributed by atoms with Gasteiger partial charge in [0.2, 0.25) is 5.91 Å². The second-order valence-corrected chi connectivity index (χ2v) is 9.69. The lowest BCUT2D eigenvalue weighted by molar-refractivity contribution is -0.384. The van der Waals surface area contributed by atoms with Gasteiger partial charge in [-0.05, 0) is 65.4 Å². The second-order valence-electron chi connectivity index (χ2n) is 8.29. The van der Waals surface area contributed by atoms with Gasteiger partial charge in [0.15, 0.2) is 11.5 Å². The number of nitrogens with one attached hydrogen (secondary N) is 1. The Morgan fingerprint density at radius 2 is 1.85 bits per heavy atom. The van der Waals surface area contributed by atoms with Crippen molar-refractivity contribution in [3.05, 3.63) is 91.8 Å². The minimum atomic E-state index is -0.624. The summed E-state index contributed by atoms with van der Waals surface area (Å²) in [5.74, 6) is -0.0871. The molecule has 1 aliphatic rings. The molecule has 1 aliphatic heterocycles. The van der Waals surface area contributed by atoms with Gasteiger partial charge in [-0.1, -0.05) is 23.7 Å². The SMILES string of the molecule is COc1ccc(NC(=O)CN2C(=O)S/C(=C/c3cc(Cl)c(OCc4cccc([N+](=O)[O-])c4)c(OC)c3)C2=O)cc1. The van der Waals surface area contributed by atoms with Crippen LogP contribution in [0.4, 0.5) is 16.2 Å². The molecule has 0 unspecified atom stereocenters. The molecular formula is C27H22ClN3O8S. The molecule has 11 nitrogen and oxygen atoms in total. The minimum Gasteiger partial charge on any atom is -0.497 e. The van der Waals surface area contributed by atoms with Gasteiger partial charge in [-0.25, -0.2) is 0 Å². The molecule has 1 N–H and O–H groups in total. The predicted octanol–water partition coefficient (Wildman–Crippen LogP) is 5.52. The van der Waals surface area contributed by atoms with Crippen molar-refractivity contribution in [2.45, 2.75) is 6.61 Å². The summed E-state index contributed by atoms with van der Waals surface area (Å²) in [6.45, 7) is -0.461. The van der Waals surface area contributed by atoms with E-state index in [4.69, 9.17) is 25.8 Å². The summed E-state index contributed by atoms with van der Waals surface area (Å²) in [7, 11) is 2.93. The zero-order chi connectivity index (χ0) is 28.8. The van der Waals surface area contributed by atoms with Crippen LogP contribution in [0, 0.1) is 10.1 Å². The average molecular weight is 584 g/mol. The Hall–Kier alpha value is -4.55. The number of nitrogens with zero attached hydrogens (tertiary/aromatic N) is 2. The average Bonchev–Trinajstić information content (AvgIpc) is 3.19. The van der Waals surface area contributed by atoms with Gasteiger partial charge in [0.25, 0.3) is 16.8 Å². The largest absolute Gasteiger partial charge is 0.497 e. The Balaban J connectivity index is 1.45. The molecule has 3 aromatic rings. The molecule has 0 aromatic heterocycles. The summed E-state index contributed by atoms with van der Waals surface area (Å²) in [4.78, 5) is 49.4. The van der Waals surface area contributed by atoms with Crippen LogP contribution in [0.15, 0.2) is 65.6 Å². The molecule has 13 heteroatoms. The van der Waals surface area contributed by atoms with Gasteiger partial charge in [-0.3, -0.25) is 29.4 Å². The molecule has 1 fully saturated rings. The quantitative estimate of drug-likeness (QED) is 0.186. The number of ether oxygens (including phenoxy) is 3. The Morgan fingerprint density at radius 3 is 2.52 bits per heavy atom. The maximum Gasteiger partial charge on any atom is 0.294 e. The molecule has 1 saturated heterocycles. The number of halogens is 1. The van der Waals surface area contributed by atoms with Crippen LogP contribution in [-0.2, 0) is 16.2 Å². The van der Waals surface area contributed by atoms with Crippen molar-refractivity contribution in [3.8, 4) is 17.2 Å². The van der Waals surface area contributed by atoms with Crippen LogP contribution in [0.3, 0.4) is 0 Å². The first-order valence-electron chi connectivity index (χ1n) is 11.6. The molecule has 0 saturated carbocycles. The number of anilines is 1. The van der Waals surface area contributed by atoms with E-state index in [1.165, 1.54) is 38.5 Å². The molecule has 0 bridgehead atoms. The van der Waals surface area contributed by atoms with Crippen molar-refractivity contribution < 1.29 is 33.5 Å². The molecule has 3 amide bonds. The number of thioether (sulfide) groups is 1. The molecule has 0 aliphatic carbocycles. The molecule has 206 valence electrons. The highest BCUT2D eigenvalue weighted by molar-refractivity contribution is 8.18. The molecule has 0 spiro atoms. The van der Waals surface area contributed by atoms with E-state index >= 15 is 0 Å². The van der Waals surface area contributed by atoms with Gasteiger partial charge in [0.1, 0.15) is 18.9 Å². The summed E-state index contributed by atoms with van der Waals surface area (Å²) in [6, 6.07) is 15.7. The van der Waals surface area contributed by atoms with Crippen LogP contribution < -0.4 is 19.5 Å². The first-order valence-corrected chi connectivity index (χ1v) is 12.8. The lowest BCUT2D eigenvalue weighted by Crippen LogP contribution is -2.36. The van der Waals surface area contributed by atoms with Crippen molar-refractivity contribution in [1.82, 2.24) is 4.90 Å². The zero-order valence-corrected chi connectivity index (χ0v) is 22.8. The van der Waals surface area contributed by atoms with Crippen molar-refractivity contribution >= 4 is 57.9 Å². The van der Waals surface area contributed by atoms with Gasteiger partial charge >= 0.3 is 0 Å². The molecule has 4 rings (SSSR count). The first kappa shape index (κ1) is 28.5. The van der Waals surface area contributed by atoms with E-state index in [-0.39, 0.29) is 33.7 Å². The lowest BCUT2D eigenvalue weighted by Gasteiger charge is -2.14. The number of methoxy groups -OCH3 is 2. The highest BCUT2D eigenvalue weighted by Gasteiger charge is 2.36. The molecule has 3 aromatic carbocycles. The summed E-state index contributed by atoms with van der Waals surface area (Å²) in [5, 5.41) is 13.2. The number of non-ortho nitro benzene ring substituents is 1. The maximum atomic E-state index is 12.9. The fraction of sp³-hybridized carbons (Fsp3) is 0.148. The normalized spacial score (nSPS) is 13.9. The van der Waals surface area contributed by atoms with Crippen LogP contribution >= 0.6 is 23.4 Å². The van der Waals surface area contributed by atoms with E-state index < -0.39 is 28.5 Å². The van der Waals surface area contributed by atoms with Crippen LogP contribution in [0.5, 0.6) is 17.2 Å². The Bertz CT molecular complexity index is 1510. The van der Waals surface area contributed by atoms with E-state index in [1.54, 1.807) is 42.5 Å². The first-order chi connectivity index (χ1) is 19.2. The van der Waals surface area contributed by atoms with Gasteiger partial charge < -0.3 is 19.5 Å². The minimum absolute atomic E-state index is 0.00537. The van der Waals surface area contributed by atoms with Crippen molar-refractivity contribution in [1.29, 1.82) is 0 Å². The van der Waals surface area contributed by atoms with Crippen LogP contribution in [-0.4, -0.2) is 47.6 Å². The molecule has 40 heavy (non-hydrogen) atoms. The van der Waals surface area contributed by atoms with Gasteiger partial charge in [0, 0.05) is 17.8 Å². The lowest BCUT2D eigenvalue weighted by atomic mass is 10.1. The monoisotopic (exact) mass is 583 g/mol. The molecule has 0 atom stereocenters. The number of amides is 3. The number of hydrogen-bond donors (Lipinski definition) is 1. The second kappa shape index (κ2) is 12.5. The Morgan fingerprint density at radius 1 is 1.10 bits per heavy atom. The topological polar surface area (TPSA) is 137 Å². The number of rotatable bonds is 10. The smallest absolute Gasteiger partial charge is 0.294 e. The van der Waals surface area contributed by atoms with E-state index in [2.05, 4.69) is 5.32 Å². The van der Waals surface area contributed by atoms with Gasteiger partial charge in [0.05, 0.1) is 29.1 Å². The highest BCUT2D eigenvalue weighted by atomic mass is 35.5. The van der Waals surface area contributed by atoms with Crippen molar-refractivity contribution in [2.75, 3.05) is 26.1 Å². The Kier molecular flexibility index (Phi) is 8.92. The third-order valence-corrected chi connectivity index (χ3v) is 6.79. The number of carbonyl (C=O) groups is 3. The standard InChI is InChI=1S/C27H22ClN3O8S/c1-37-20-8-6-18(7-9-20)29-24(32)14-30-26(33)23(40-27(30)34)13-17-11-21(28)25(22(12-17)38-2)39-15-16-4-3-5-19(10-16)31(35)36/h3-13H,14-15H2,1-2H3,(H,29,32)/b23-13+. The number of nitro benzene ring substituents is 1. The van der Waals surface area contributed by atoms with E-state index in [0.29, 0.717) is 34.3 Å². The predicted molar refractivity (Wildman–Crippen MR) is 150 cm³/mol. The molecule has 1 heterocycles. The third kappa shape index (κ3) is 6.71. The number of imide groups is 1. The van der Waals surface area contributed by atoms with Crippen LogP contribution in [0.1, 0.15) is 11.1 Å². The summed E-state index contributed by atoms with van der Waals surface area (Å²) < 4.78 is 16.3. The van der Waals surface area contributed by atoms with E-state index in [0.717, 1.165) is 4.90 Å². The van der Waals surface area contributed by atoms with Crippen molar-refractivity contribution in [2.24, 2.45) is 0 Å². The number of hydrogen-bond acceptors (Lipinski definition) is 9. The zero-order valence-electron chi connectivity index (χ0n) is 21.2. The fourth-order valence-electron chi connectivity index (χ4n) is 3.68. The summed E-state index contributed by atoms with van der Waals surface area (Å²) in [6.07, 6.45) is 1.46. The number of carbonyl (C=O) groups excluding carboxylic acids is 3. The number of nitro groups is 1. The van der Waals surface area contributed by atoms with Gasteiger partial charge in [-0.2, -0.15) is 0 Å². The van der Waals surface area contributed by atoms with E-state index in [1.807, 2.05) is 0 Å². The van der Waals surface area contributed by atoms with Crippen LogP contribution in [0.25, 0.3) is 6.08 Å². The van der Waals surface area contributed by atoms with Crippen molar-refractivity contribution in [3.63, 3.8) is 0 Å². The van der Waals surface area contributed by atoms with Gasteiger partial charge in [-0.15, -0.1) is 0 Å². The maximum absolute atomic E-state index is 12.9. The molecular weight excluding hydrogens is 562 g/mol. The summed E-state index contributed by atoms with van der Waals surface area (Å²) >= 11 is 7.13. The fourth-order valence-corrected chi connectivity index (χ4v) is 4.80.